The van der Waals surface area contributed by atoms with Gasteiger partial charge in [-0.1, -0.05) is 30.3 Å². The van der Waals surface area contributed by atoms with Gasteiger partial charge in [-0.05, 0) is 23.8 Å². The molecule has 0 spiro atoms. The van der Waals surface area contributed by atoms with E-state index in [4.69, 9.17) is 19.9 Å². The molecule has 2 aromatic carbocycles. The number of nitrogens with zero attached hydrogens (tertiary/aromatic N) is 2. The first-order valence-corrected chi connectivity index (χ1v) is 8.81. The summed E-state index contributed by atoms with van der Waals surface area (Å²) in [6, 6.07) is 14.9. The van der Waals surface area contributed by atoms with Gasteiger partial charge in [0.25, 0.3) is 5.91 Å². The number of carbonyl (C=O) groups excluding carboxylic acids is 2. The Balaban J connectivity index is 2.01. The number of hydrogen-bond donors (Lipinski definition) is 1. The molecule has 0 fully saturated rings. The number of hydrogen-bond acceptors (Lipinski definition) is 6. The maximum Gasteiger partial charge on any atom is 0.342 e. The zero-order valence-electron chi connectivity index (χ0n) is 16.1. The minimum Gasteiger partial charge on any atom is -0.493 e. The van der Waals surface area contributed by atoms with Crippen molar-refractivity contribution < 1.29 is 23.8 Å². The van der Waals surface area contributed by atoms with E-state index in [1.165, 1.54) is 7.11 Å². The minimum absolute atomic E-state index is 0.217. The van der Waals surface area contributed by atoms with Gasteiger partial charge in [-0.25, -0.2) is 4.79 Å². The Bertz CT molecular complexity index is 1010. The monoisotopic (exact) mass is 395 g/mol. The molecule has 8 nitrogen and oxygen atoms in total. The molecule has 0 aliphatic carbocycles. The second kappa shape index (κ2) is 8.92. The molecule has 0 radical (unpaired) electrons. The van der Waals surface area contributed by atoms with Crippen molar-refractivity contribution in [2.75, 3.05) is 20.8 Å². The third kappa shape index (κ3) is 4.73. The summed E-state index contributed by atoms with van der Waals surface area (Å²) in [6.45, 7) is -0.0434. The second-order valence-electron chi connectivity index (χ2n) is 6.19. The van der Waals surface area contributed by atoms with Gasteiger partial charge < -0.3 is 19.9 Å². The van der Waals surface area contributed by atoms with Crippen molar-refractivity contribution in [3.8, 4) is 22.8 Å². The highest BCUT2D eigenvalue weighted by Gasteiger charge is 2.21. The molecule has 0 atom stereocenters. The van der Waals surface area contributed by atoms with Crippen LogP contribution in [-0.2, 0) is 16.1 Å². The highest BCUT2D eigenvalue weighted by atomic mass is 16.5. The summed E-state index contributed by atoms with van der Waals surface area (Å²) in [5.74, 6) is -0.368. The summed E-state index contributed by atoms with van der Waals surface area (Å²) in [4.78, 5) is 23.5. The maximum absolute atomic E-state index is 12.5. The van der Waals surface area contributed by atoms with Crippen molar-refractivity contribution >= 4 is 11.9 Å². The highest BCUT2D eigenvalue weighted by molar-refractivity contribution is 5.97. The van der Waals surface area contributed by atoms with Crippen molar-refractivity contribution in [2.45, 2.75) is 6.54 Å². The molecule has 3 aromatic rings. The van der Waals surface area contributed by atoms with E-state index >= 15 is 0 Å². The third-order valence-electron chi connectivity index (χ3n) is 4.17. The van der Waals surface area contributed by atoms with E-state index in [-0.39, 0.29) is 5.56 Å². The van der Waals surface area contributed by atoms with Gasteiger partial charge in [0.2, 0.25) is 0 Å². The maximum atomic E-state index is 12.5. The molecule has 1 amide bonds. The Morgan fingerprint density at radius 2 is 1.76 bits per heavy atom. The number of ether oxygens (including phenoxy) is 3. The third-order valence-corrected chi connectivity index (χ3v) is 4.17. The van der Waals surface area contributed by atoms with Gasteiger partial charge >= 0.3 is 5.97 Å². The quantitative estimate of drug-likeness (QED) is 0.587. The SMILES string of the molecule is COc1ccc(-c2nn(Cc3ccccc3)cc2C(=O)OCC(N)=O)cc1OC. The second-order valence-corrected chi connectivity index (χ2v) is 6.19. The molecular formula is C21H21N3O5. The number of carbonyl (C=O) groups is 2. The average molecular weight is 395 g/mol. The number of aromatic nitrogens is 2. The summed E-state index contributed by atoms with van der Waals surface area (Å²) in [6.07, 6.45) is 1.59. The van der Waals surface area contributed by atoms with Gasteiger partial charge in [-0.15, -0.1) is 0 Å². The number of nitrogens with two attached hydrogens (primary N) is 1. The Kier molecular flexibility index (Phi) is 6.13. The van der Waals surface area contributed by atoms with Gasteiger partial charge in [-0.3, -0.25) is 9.48 Å². The number of benzene rings is 2. The zero-order chi connectivity index (χ0) is 20.8. The van der Waals surface area contributed by atoms with Crippen LogP contribution in [0.3, 0.4) is 0 Å². The van der Waals surface area contributed by atoms with Crippen molar-refractivity contribution in [1.82, 2.24) is 9.78 Å². The Labute approximate surface area is 167 Å². The van der Waals surface area contributed by atoms with Crippen LogP contribution in [0, 0.1) is 0 Å². The fourth-order valence-corrected chi connectivity index (χ4v) is 2.83. The summed E-state index contributed by atoms with van der Waals surface area (Å²) in [5.41, 5.74) is 7.35. The lowest BCUT2D eigenvalue weighted by Crippen LogP contribution is -2.21. The smallest absolute Gasteiger partial charge is 0.342 e. The minimum atomic E-state index is -0.734. The fraction of sp³-hybridized carbons (Fsp3) is 0.190. The normalized spacial score (nSPS) is 10.4. The summed E-state index contributed by atoms with van der Waals surface area (Å²) < 4.78 is 17.2. The van der Waals surface area contributed by atoms with E-state index in [1.54, 1.807) is 36.2 Å². The van der Waals surface area contributed by atoms with Crippen molar-refractivity contribution in [1.29, 1.82) is 0 Å². The summed E-state index contributed by atoms with van der Waals surface area (Å²) >= 11 is 0. The molecule has 3 rings (SSSR count). The average Bonchev–Trinajstić information content (AvgIpc) is 3.16. The van der Waals surface area contributed by atoms with Gasteiger partial charge in [-0.2, -0.15) is 5.10 Å². The molecule has 150 valence electrons. The van der Waals surface area contributed by atoms with Crippen LogP contribution >= 0.6 is 0 Å². The molecule has 29 heavy (non-hydrogen) atoms. The standard InChI is InChI=1S/C21H21N3O5/c1-27-17-9-8-15(10-18(17)28-2)20-16(21(26)29-13-19(22)25)12-24(23-20)11-14-6-4-3-5-7-14/h3-10,12H,11,13H2,1-2H3,(H2,22,25). The fourth-order valence-electron chi connectivity index (χ4n) is 2.83. The number of amides is 1. The van der Waals surface area contributed by atoms with E-state index in [1.807, 2.05) is 30.3 Å². The van der Waals surface area contributed by atoms with Crippen LogP contribution in [-0.4, -0.2) is 42.5 Å². The van der Waals surface area contributed by atoms with Crippen molar-refractivity contribution in [3.63, 3.8) is 0 Å². The van der Waals surface area contributed by atoms with Gasteiger partial charge in [0.15, 0.2) is 18.1 Å². The first kappa shape index (κ1) is 19.9. The predicted octanol–water partition coefficient (Wildman–Crippen LogP) is 2.26. The van der Waals surface area contributed by atoms with E-state index in [2.05, 4.69) is 5.10 Å². The van der Waals surface area contributed by atoms with Crippen LogP contribution in [0.25, 0.3) is 11.3 Å². The van der Waals surface area contributed by atoms with E-state index in [0.717, 1.165) is 5.56 Å². The molecule has 8 heteroatoms. The Morgan fingerprint density at radius 1 is 1.03 bits per heavy atom. The molecule has 1 heterocycles. The number of esters is 1. The summed E-state index contributed by atoms with van der Waals surface area (Å²) in [7, 11) is 3.07. The van der Waals surface area contributed by atoms with Crippen LogP contribution in [0.2, 0.25) is 0 Å². The van der Waals surface area contributed by atoms with Gasteiger partial charge in [0.05, 0.1) is 20.8 Å². The first-order valence-electron chi connectivity index (χ1n) is 8.81. The summed E-state index contributed by atoms with van der Waals surface area (Å²) in [5, 5.41) is 4.56. The Morgan fingerprint density at radius 3 is 2.41 bits per heavy atom. The lowest BCUT2D eigenvalue weighted by Gasteiger charge is -2.09. The molecule has 0 aliphatic rings. The molecule has 0 saturated heterocycles. The number of methoxy groups -OCH3 is 2. The zero-order valence-corrected chi connectivity index (χ0v) is 16.1. The Hall–Kier alpha value is -3.81. The van der Waals surface area contributed by atoms with Crippen LogP contribution in [0.15, 0.2) is 54.7 Å². The largest absolute Gasteiger partial charge is 0.493 e. The lowest BCUT2D eigenvalue weighted by atomic mass is 10.1. The first-order chi connectivity index (χ1) is 14.0. The van der Waals surface area contributed by atoms with Crippen LogP contribution in [0.5, 0.6) is 11.5 Å². The molecule has 0 saturated carbocycles. The molecule has 1 aromatic heterocycles. The topological polar surface area (TPSA) is 106 Å². The predicted molar refractivity (Wildman–Crippen MR) is 106 cm³/mol. The highest BCUT2D eigenvalue weighted by Crippen LogP contribution is 2.33. The van der Waals surface area contributed by atoms with Crippen LogP contribution in [0.1, 0.15) is 15.9 Å². The van der Waals surface area contributed by atoms with Gasteiger partial charge in [0, 0.05) is 11.8 Å². The van der Waals surface area contributed by atoms with Crippen molar-refractivity contribution in [2.24, 2.45) is 5.73 Å². The molecule has 0 bridgehead atoms. The molecule has 0 aliphatic heterocycles. The van der Waals surface area contributed by atoms with E-state index in [0.29, 0.717) is 29.3 Å². The number of primary amides is 1. The number of rotatable bonds is 8. The van der Waals surface area contributed by atoms with E-state index in [9.17, 15) is 9.59 Å². The van der Waals surface area contributed by atoms with Gasteiger partial charge in [0.1, 0.15) is 11.3 Å². The molecule has 0 unspecified atom stereocenters. The van der Waals surface area contributed by atoms with Crippen molar-refractivity contribution in [3.05, 3.63) is 65.9 Å². The van der Waals surface area contributed by atoms with Crippen LogP contribution < -0.4 is 15.2 Å². The van der Waals surface area contributed by atoms with Crippen LogP contribution in [0.4, 0.5) is 0 Å². The van der Waals surface area contributed by atoms with E-state index < -0.39 is 18.5 Å². The molecular weight excluding hydrogens is 374 g/mol. The lowest BCUT2D eigenvalue weighted by molar-refractivity contribution is -0.121. The molecule has 2 N–H and O–H groups in total.